The molecule has 0 aliphatic rings. The van der Waals surface area contributed by atoms with Crippen LogP contribution in [0, 0.1) is 5.82 Å². The Balaban J connectivity index is 2.15. The highest BCUT2D eigenvalue weighted by atomic mass is 32.1. The predicted molar refractivity (Wildman–Crippen MR) is 75.0 cm³/mol. The van der Waals surface area contributed by atoms with Crippen molar-refractivity contribution in [3.8, 4) is 0 Å². The van der Waals surface area contributed by atoms with Crippen LogP contribution < -0.4 is 10.6 Å². The zero-order valence-electron chi connectivity index (χ0n) is 10.5. The summed E-state index contributed by atoms with van der Waals surface area (Å²) in [6.45, 7) is 4.57. The van der Waals surface area contributed by atoms with E-state index in [0.29, 0.717) is 17.2 Å². The molecule has 0 bridgehead atoms. The number of rotatable bonds is 7. The molecule has 100 valence electrons. The molecule has 0 aromatic heterocycles. The standard InChI is InChI=1S/C13H19FN2OS/c1-2-17-9-5-8-15-13(18)16-10-11-6-3-4-7-12(11)14/h3-4,6-7H,2,5,8-10H2,1H3,(H2,15,16,18). The lowest BCUT2D eigenvalue weighted by Gasteiger charge is -2.10. The Morgan fingerprint density at radius 2 is 2.11 bits per heavy atom. The van der Waals surface area contributed by atoms with E-state index in [-0.39, 0.29) is 5.82 Å². The van der Waals surface area contributed by atoms with Crippen LogP contribution in [-0.2, 0) is 11.3 Å². The molecular formula is C13H19FN2OS. The van der Waals surface area contributed by atoms with Crippen LogP contribution in [0.25, 0.3) is 0 Å². The van der Waals surface area contributed by atoms with E-state index >= 15 is 0 Å². The first-order valence-corrected chi connectivity index (χ1v) is 6.47. The second kappa shape index (κ2) is 8.83. The maximum absolute atomic E-state index is 13.3. The van der Waals surface area contributed by atoms with Gasteiger partial charge in [-0.3, -0.25) is 0 Å². The van der Waals surface area contributed by atoms with E-state index in [1.165, 1.54) is 6.07 Å². The minimum Gasteiger partial charge on any atom is -0.382 e. The highest BCUT2D eigenvalue weighted by molar-refractivity contribution is 7.80. The van der Waals surface area contributed by atoms with Gasteiger partial charge in [0, 0.05) is 31.9 Å². The monoisotopic (exact) mass is 270 g/mol. The molecule has 3 nitrogen and oxygen atoms in total. The molecule has 1 rings (SSSR count). The van der Waals surface area contributed by atoms with Gasteiger partial charge in [0.05, 0.1) is 0 Å². The van der Waals surface area contributed by atoms with Gasteiger partial charge >= 0.3 is 0 Å². The fourth-order valence-corrected chi connectivity index (χ4v) is 1.57. The van der Waals surface area contributed by atoms with Crippen molar-refractivity contribution in [1.82, 2.24) is 10.6 Å². The molecule has 0 fully saturated rings. The van der Waals surface area contributed by atoms with Crippen LogP contribution in [0.15, 0.2) is 24.3 Å². The van der Waals surface area contributed by atoms with Gasteiger partial charge in [0.25, 0.3) is 0 Å². The van der Waals surface area contributed by atoms with Crippen molar-refractivity contribution >= 4 is 17.3 Å². The van der Waals surface area contributed by atoms with Crippen LogP contribution in [0.4, 0.5) is 4.39 Å². The van der Waals surface area contributed by atoms with Crippen molar-refractivity contribution < 1.29 is 9.13 Å². The lowest BCUT2D eigenvalue weighted by atomic mass is 10.2. The minimum absolute atomic E-state index is 0.218. The fourth-order valence-electron chi connectivity index (χ4n) is 1.40. The number of nitrogens with one attached hydrogen (secondary N) is 2. The third-order valence-electron chi connectivity index (χ3n) is 2.35. The Morgan fingerprint density at radius 1 is 1.33 bits per heavy atom. The Kier molecular flexibility index (Phi) is 7.29. The summed E-state index contributed by atoms with van der Waals surface area (Å²) in [5.41, 5.74) is 0.607. The normalized spacial score (nSPS) is 10.1. The van der Waals surface area contributed by atoms with E-state index in [1.54, 1.807) is 18.2 Å². The Morgan fingerprint density at radius 3 is 2.83 bits per heavy atom. The molecule has 0 aliphatic heterocycles. The van der Waals surface area contributed by atoms with Gasteiger partial charge in [-0.25, -0.2) is 4.39 Å². The zero-order chi connectivity index (χ0) is 13.2. The number of hydrogen-bond donors (Lipinski definition) is 2. The molecule has 0 amide bonds. The summed E-state index contributed by atoms with van der Waals surface area (Å²) in [4.78, 5) is 0. The van der Waals surface area contributed by atoms with Crippen LogP contribution in [0.3, 0.4) is 0 Å². The Labute approximate surface area is 113 Å². The van der Waals surface area contributed by atoms with Crippen LogP contribution in [0.2, 0.25) is 0 Å². The molecule has 0 aliphatic carbocycles. The van der Waals surface area contributed by atoms with Gasteiger partial charge in [-0.1, -0.05) is 18.2 Å². The van der Waals surface area contributed by atoms with Crippen LogP contribution in [0.1, 0.15) is 18.9 Å². The summed E-state index contributed by atoms with van der Waals surface area (Å²) in [5.74, 6) is -0.218. The number of ether oxygens (including phenoxy) is 1. The van der Waals surface area contributed by atoms with Gasteiger partial charge < -0.3 is 15.4 Å². The first-order valence-electron chi connectivity index (χ1n) is 6.07. The van der Waals surface area contributed by atoms with E-state index in [4.69, 9.17) is 17.0 Å². The summed E-state index contributed by atoms with van der Waals surface area (Å²) in [6, 6.07) is 6.65. The number of hydrogen-bond acceptors (Lipinski definition) is 2. The maximum Gasteiger partial charge on any atom is 0.166 e. The molecule has 1 aromatic carbocycles. The van der Waals surface area contributed by atoms with Crippen molar-refractivity contribution in [2.75, 3.05) is 19.8 Å². The van der Waals surface area contributed by atoms with Crippen molar-refractivity contribution in [2.45, 2.75) is 19.9 Å². The number of halogens is 1. The molecule has 0 saturated heterocycles. The topological polar surface area (TPSA) is 33.3 Å². The number of benzene rings is 1. The van der Waals surface area contributed by atoms with E-state index in [0.717, 1.165) is 26.2 Å². The summed E-state index contributed by atoms with van der Waals surface area (Å²) in [7, 11) is 0. The third kappa shape index (κ3) is 5.93. The van der Waals surface area contributed by atoms with Gasteiger partial charge in [0.15, 0.2) is 5.11 Å². The second-order valence-corrected chi connectivity index (χ2v) is 4.16. The molecule has 18 heavy (non-hydrogen) atoms. The molecule has 0 atom stereocenters. The molecule has 2 N–H and O–H groups in total. The molecule has 0 radical (unpaired) electrons. The van der Waals surface area contributed by atoms with Gasteiger partial charge in [-0.15, -0.1) is 0 Å². The number of thiocarbonyl (C=S) groups is 1. The van der Waals surface area contributed by atoms with Crippen molar-refractivity contribution in [3.05, 3.63) is 35.6 Å². The van der Waals surface area contributed by atoms with E-state index < -0.39 is 0 Å². The van der Waals surface area contributed by atoms with Gasteiger partial charge in [0.2, 0.25) is 0 Å². The predicted octanol–water partition coefficient (Wildman–Crippen LogP) is 2.22. The van der Waals surface area contributed by atoms with E-state index in [9.17, 15) is 4.39 Å². The van der Waals surface area contributed by atoms with Gasteiger partial charge in [-0.05, 0) is 31.6 Å². The van der Waals surface area contributed by atoms with Crippen molar-refractivity contribution in [1.29, 1.82) is 0 Å². The second-order valence-electron chi connectivity index (χ2n) is 3.75. The lowest BCUT2D eigenvalue weighted by molar-refractivity contribution is 0.145. The van der Waals surface area contributed by atoms with E-state index in [2.05, 4.69) is 10.6 Å². The van der Waals surface area contributed by atoms with Crippen LogP contribution in [0.5, 0.6) is 0 Å². The Bertz CT molecular complexity index is 374. The molecule has 5 heteroatoms. The van der Waals surface area contributed by atoms with Gasteiger partial charge in [0.1, 0.15) is 5.82 Å². The van der Waals surface area contributed by atoms with E-state index in [1.807, 2.05) is 6.92 Å². The SMILES string of the molecule is CCOCCCNC(=S)NCc1ccccc1F. The highest BCUT2D eigenvalue weighted by Gasteiger charge is 2.01. The molecule has 0 spiro atoms. The van der Waals surface area contributed by atoms with Crippen molar-refractivity contribution in [2.24, 2.45) is 0 Å². The van der Waals surface area contributed by atoms with Crippen LogP contribution in [-0.4, -0.2) is 24.9 Å². The third-order valence-corrected chi connectivity index (χ3v) is 2.64. The quantitative estimate of drug-likeness (QED) is 0.588. The first kappa shape index (κ1) is 14.9. The lowest BCUT2D eigenvalue weighted by Crippen LogP contribution is -2.35. The average Bonchev–Trinajstić information content (AvgIpc) is 2.37. The van der Waals surface area contributed by atoms with Crippen molar-refractivity contribution in [3.63, 3.8) is 0 Å². The summed E-state index contributed by atoms with van der Waals surface area (Å²) >= 11 is 5.09. The maximum atomic E-state index is 13.3. The molecule has 0 saturated carbocycles. The fraction of sp³-hybridized carbons (Fsp3) is 0.462. The highest BCUT2D eigenvalue weighted by Crippen LogP contribution is 2.05. The summed E-state index contributed by atoms with van der Waals surface area (Å²) < 4.78 is 18.5. The zero-order valence-corrected chi connectivity index (χ0v) is 11.4. The summed E-state index contributed by atoms with van der Waals surface area (Å²) in [5, 5.41) is 6.56. The first-order chi connectivity index (χ1) is 8.74. The smallest absolute Gasteiger partial charge is 0.166 e. The Hall–Kier alpha value is -1.20. The molecule has 1 aromatic rings. The average molecular weight is 270 g/mol. The van der Waals surface area contributed by atoms with Gasteiger partial charge in [-0.2, -0.15) is 0 Å². The molecular weight excluding hydrogens is 251 g/mol. The largest absolute Gasteiger partial charge is 0.382 e. The molecule has 0 heterocycles. The summed E-state index contributed by atoms with van der Waals surface area (Å²) in [6.07, 6.45) is 0.898. The minimum atomic E-state index is -0.218. The molecule has 0 unspecified atom stereocenters. The van der Waals surface area contributed by atoms with Crippen LogP contribution >= 0.6 is 12.2 Å².